The van der Waals surface area contributed by atoms with Crippen LogP contribution in [-0.4, -0.2) is 67.8 Å². The Kier molecular flexibility index (Phi) is 75.8. The van der Waals surface area contributed by atoms with Crippen molar-refractivity contribution < 1.29 is 18.9 Å². The van der Waals surface area contributed by atoms with E-state index in [1.54, 1.807) is 47.1 Å². The number of nitrogens with one attached hydrogen (secondary N) is 3. The van der Waals surface area contributed by atoms with Gasteiger partial charge in [0.2, 0.25) is 0 Å². The largest absolute Gasteiger partial charge is 0.381 e. The highest BCUT2D eigenvalue weighted by atomic mass is 16.6. The second kappa shape index (κ2) is 72.7. The lowest BCUT2D eigenvalue weighted by molar-refractivity contribution is -0.0334. The quantitative estimate of drug-likeness (QED) is 0.256. The third-order valence-corrected chi connectivity index (χ3v) is 15.7. The number of ether oxygens (including phenoxy) is 4. The Hall–Kier alpha value is -2.79. The average Bonchev–Trinajstić information content (AvgIpc) is 4.46. The number of fused-ring (bicyclic) bond motifs is 4. The predicted octanol–water partition coefficient (Wildman–Crippen LogP) is 21.6. The van der Waals surface area contributed by atoms with Crippen LogP contribution in [-0.2, 0) is 18.9 Å². The van der Waals surface area contributed by atoms with Gasteiger partial charge >= 0.3 is 17.1 Å². The van der Waals surface area contributed by atoms with Crippen LogP contribution in [0.1, 0.15) is 322 Å². The van der Waals surface area contributed by atoms with Crippen LogP contribution in [0.2, 0.25) is 0 Å². The summed E-state index contributed by atoms with van der Waals surface area (Å²) in [6, 6.07) is 0. The fraction of sp³-hybridized carbons (Fsp3) is 0.851. The first kappa shape index (κ1) is 87.6. The highest BCUT2D eigenvalue weighted by Gasteiger charge is 2.30. The highest BCUT2D eigenvalue weighted by Crippen LogP contribution is 2.44. The Labute approximate surface area is 521 Å². The van der Waals surface area contributed by atoms with Gasteiger partial charge in [0.25, 0.3) is 0 Å². The molecule has 9 fully saturated rings. The molecule has 1 aromatic heterocycles. The Morgan fingerprint density at radius 1 is 0.405 bits per heavy atom. The first-order chi connectivity index (χ1) is 40.4. The molecule has 0 radical (unpaired) electrons. The first-order valence-corrected chi connectivity index (χ1v) is 35.2. The highest BCUT2D eigenvalue weighted by molar-refractivity contribution is 5.12. The van der Waals surface area contributed by atoms with E-state index in [9.17, 15) is 14.4 Å². The molecule has 0 unspecified atom stereocenters. The van der Waals surface area contributed by atoms with Crippen molar-refractivity contribution in [2.45, 2.75) is 322 Å². The number of rotatable bonds is 4. The molecule has 3 N–H and O–H groups in total. The maximum Gasteiger partial charge on any atom is 0.330 e. The van der Waals surface area contributed by atoms with Gasteiger partial charge < -0.3 is 18.9 Å². The van der Waals surface area contributed by atoms with Gasteiger partial charge in [-0.2, -0.15) is 0 Å². The number of H-pyrrole nitrogens is 3. The fourth-order valence-corrected chi connectivity index (χ4v) is 9.00. The van der Waals surface area contributed by atoms with Crippen molar-refractivity contribution in [3.8, 4) is 0 Å². The van der Waals surface area contributed by atoms with Crippen LogP contribution in [0.15, 0.2) is 63.0 Å². The Bertz CT molecular complexity index is 1440. The maximum absolute atomic E-state index is 10.2. The molecule has 0 spiro atoms. The van der Waals surface area contributed by atoms with E-state index in [1.165, 1.54) is 204 Å². The molecule has 12 aliphatic rings. The smallest absolute Gasteiger partial charge is 0.330 e. The molecule has 0 aromatic carbocycles. The van der Waals surface area contributed by atoms with Crippen LogP contribution in [0.25, 0.3) is 0 Å². The normalized spacial score (nSPS) is 21.6. The second-order valence-corrected chi connectivity index (χ2v) is 24.4. The van der Waals surface area contributed by atoms with E-state index in [-0.39, 0.29) is 7.43 Å². The molecule has 4 heterocycles. The number of unbranched alkanes of at least 4 members (excludes halogenated alkanes) is 3. The van der Waals surface area contributed by atoms with Crippen molar-refractivity contribution in [3.63, 3.8) is 0 Å². The molecule has 13 rings (SSSR count). The van der Waals surface area contributed by atoms with Crippen molar-refractivity contribution in [3.05, 3.63) is 80.1 Å². The van der Waals surface area contributed by atoms with Crippen LogP contribution in [0.5, 0.6) is 0 Å². The van der Waals surface area contributed by atoms with E-state index in [0.29, 0.717) is 0 Å². The average molecular weight is 1190 g/mol. The van der Waals surface area contributed by atoms with Gasteiger partial charge in [0.1, 0.15) is 0 Å². The lowest BCUT2D eigenvalue weighted by Crippen LogP contribution is -2.34. The molecule has 10 heteroatoms. The van der Waals surface area contributed by atoms with Crippen LogP contribution < -0.4 is 17.1 Å². The molecule has 6 saturated carbocycles. The Balaban J connectivity index is -0.000000411. The van der Waals surface area contributed by atoms with Gasteiger partial charge in [0, 0.05) is 26.4 Å². The monoisotopic (exact) mass is 1190 g/mol. The SMILES string of the molecule is C.C/C=C/C.C1=CC2CCC1CC2.C1=CCC=C1.C1CC2CCC1C2.C1CCC1.C1CCCC1.C1CCCCC1.C1CCOC1.C1CCOCC1.C1COCCO1.CC(C)C(C)C.CCC.CCCC.CCCCC.O=c1[nH]c(=O)[nH]c(=O)[nH]1. The first-order valence-electron chi connectivity index (χ1n) is 35.2. The van der Waals surface area contributed by atoms with Crippen LogP contribution in [0.4, 0.5) is 0 Å². The van der Waals surface area contributed by atoms with Crippen LogP contribution in [0, 0.1) is 35.5 Å². The molecule has 10 nitrogen and oxygen atoms in total. The molecule has 9 aliphatic carbocycles. The van der Waals surface area contributed by atoms with Gasteiger partial charge in [-0.25, -0.2) is 14.4 Å². The molecule has 4 bridgehead atoms. The lowest BCUT2D eigenvalue weighted by atomic mass is 9.76. The van der Waals surface area contributed by atoms with E-state index in [1.807, 2.05) is 26.0 Å². The summed E-state index contributed by atoms with van der Waals surface area (Å²) in [6.07, 6.45) is 69.0. The van der Waals surface area contributed by atoms with Gasteiger partial charge in [0.05, 0.1) is 26.4 Å². The minimum Gasteiger partial charge on any atom is -0.381 e. The summed E-state index contributed by atoms with van der Waals surface area (Å²) >= 11 is 0. The van der Waals surface area contributed by atoms with Gasteiger partial charge in [-0.05, 0) is 120 Å². The third-order valence-electron chi connectivity index (χ3n) is 15.7. The number of aromatic amines is 3. The molecule has 3 aliphatic heterocycles. The lowest BCUT2D eigenvalue weighted by Gasteiger charge is -2.29. The van der Waals surface area contributed by atoms with Crippen LogP contribution in [0.3, 0.4) is 0 Å². The Morgan fingerprint density at radius 3 is 0.762 bits per heavy atom. The predicted molar refractivity (Wildman–Crippen MR) is 370 cm³/mol. The molecule has 0 atom stereocenters. The number of aromatic nitrogens is 3. The summed E-state index contributed by atoms with van der Waals surface area (Å²) in [5, 5.41) is 0. The van der Waals surface area contributed by atoms with Gasteiger partial charge in [-0.3, -0.25) is 15.0 Å². The summed E-state index contributed by atoms with van der Waals surface area (Å²) in [6.45, 7) is 33.1. The summed E-state index contributed by atoms with van der Waals surface area (Å²) in [5.74, 6) is 5.99. The van der Waals surface area contributed by atoms with E-state index in [4.69, 9.17) is 18.9 Å². The standard InChI is InChI=1S/C8H12.C7H12.C6H12.C6H14.C5H10O.C5H10.C5H6.C5H12.C4H8O2.C4H8O.C4H8.C4H10.C4H8.C3H3N3O3.C3H8.CH4/c1-2-8-5-3-7(1)4-6-8;1-2-7-4-3-6(1)5-7;1-2-4-6-5-3-1;1-5(2)6(3)4;1-2-4-6-5-3-1;2*1-2-4-5-3-1;1-3-5-4-2;1-2-6-4-3-5-1;1-2-4-5-3-1;1-2-4-3-1;2*1-3-4-2;7-1-4-2(8)6-3(9)5-1;1-3-2;/h1-2,7-8H,3-6H2;6-7H,1-5H2;1-6H2;5-6H,1-4H3;1-5H2;1-5H2;1-4H,5H2;3-5H2,1-2H3;1-4H2;1-4H2;1-4H2;3-4H2,1-2H3;3-4H,1-2H3;(H3,4,5,6,7,8,9);3H2,1-2H3;1H4/b;;;;;;;;;;;;4-3+;;;. The summed E-state index contributed by atoms with van der Waals surface area (Å²) in [7, 11) is 0. The summed E-state index contributed by atoms with van der Waals surface area (Å²) in [4.78, 5) is 35.9. The third kappa shape index (κ3) is 70.0. The molecule has 1 aromatic rings. The molecular weight excluding hydrogens is 1040 g/mol. The number of hydrogen-bond donors (Lipinski definition) is 3. The fourth-order valence-electron chi connectivity index (χ4n) is 9.00. The van der Waals surface area contributed by atoms with Crippen molar-refractivity contribution in [2.75, 3.05) is 52.9 Å². The van der Waals surface area contributed by atoms with Crippen molar-refractivity contribution >= 4 is 0 Å². The van der Waals surface area contributed by atoms with E-state index in [0.717, 1.165) is 82.9 Å². The van der Waals surface area contributed by atoms with E-state index >= 15 is 0 Å². The minimum absolute atomic E-state index is 0. The topological polar surface area (TPSA) is 135 Å². The minimum atomic E-state index is -0.802. The van der Waals surface area contributed by atoms with E-state index < -0.39 is 17.1 Å². The van der Waals surface area contributed by atoms with Crippen molar-refractivity contribution in [2.24, 2.45) is 35.5 Å². The van der Waals surface area contributed by atoms with Crippen molar-refractivity contribution in [1.29, 1.82) is 0 Å². The number of hydrogen-bond acceptors (Lipinski definition) is 7. The molecule has 84 heavy (non-hydrogen) atoms. The van der Waals surface area contributed by atoms with Gasteiger partial charge in [0.15, 0.2) is 0 Å². The van der Waals surface area contributed by atoms with Gasteiger partial charge in [-0.1, -0.05) is 286 Å². The number of allylic oxidation sites excluding steroid dienone is 8. The molecular formula is C74H145N3O7. The molecule has 0 amide bonds. The zero-order valence-corrected chi connectivity index (χ0v) is 57.1. The summed E-state index contributed by atoms with van der Waals surface area (Å²) < 4.78 is 19.9. The summed E-state index contributed by atoms with van der Waals surface area (Å²) in [5.41, 5.74) is -2.41. The Morgan fingerprint density at radius 2 is 0.655 bits per heavy atom. The second-order valence-electron chi connectivity index (χ2n) is 24.4. The van der Waals surface area contributed by atoms with Crippen LogP contribution >= 0.6 is 0 Å². The van der Waals surface area contributed by atoms with E-state index in [2.05, 4.69) is 106 Å². The van der Waals surface area contributed by atoms with Crippen molar-refractivity contribution in [1.82, 2.24) is 15.0 Å². The molecule has 498 valence electrons. The maximum atomic E-state index is 10.2. The molecule has 3 saturated heterocycles. The van der Waals surface area contributed by atoms with Gasteiger partial charge in [-0.15, -0.1) is 0 Å². The zero-order valence-electron chi connectivity index (χ0n) is 57.1. The zero-order chi connectivity index (χ0) is 61.9.